The third-order valence-electron chi connectivity index (χ3n) is 4.88. The van der Waals surface area contributed by atoms with Gasteiger partial charge in [0.2, 0.25) is 0 Å². The predicted octanol–water partition coefficient (Wildman–Crippen LogP) is 4.92. The van der Waals surface area contributed by atoms with Gasteiger partial charge in [-0.05, 0) is 58.8 Å². The molecule has 3 aromatic carbocycles. The van der Waals surface area contributed by atoms with Gasteiger partial charge in [-0.3, -0.25) is 4.79 Å². The van der Waals surface area contributed by atoms with Gasteiger partial charge in [-0.1, -0.05) is 48.5 Å². The summed E-state index contributed by atoms with van der Waals surface area (Å²) in [5, 5.41) is 1.71. The van der Waals surface area contributed by atoms with E-state index in [2.05, 4.69) is 18.2 Å². The molecule has 4 aromatic rings. The molecule has 0 unspecified atom stereocenters. The second-order valence-electron chi connectivity index (χ2n) is 6.58. The van der Waals surface area contributed by atoms with E-state index < -0.39 is 0 Å². The Hall–Kier alpha value is -3.33. The van der Waals surface area contributed by atoms with E-state index in [1.54, 1.807) is 11.7 Å². The summed E-state index contributed by atoms with van der Waals surface area (Å²) in [7, 11) is 1.66. The highest BCUT2D eigenvalue weighted by Gasteiger charge is 2.06. The smallest absolute Gasteiger partial charge is 0.258 e. The Labute approximate surface area is 158 Å². The van der Waals surface area contributed by atoms with Gasteiger partial charge in [0.25, 0.3) is 5.56 Å². The van der Waals surface area contributed by atoms with E-state index in [4.69, 9.17) is 4.74 Å². The van der Waals surface area contributed by atoms with Crippen molar-refractivity contribution in [3.8, 4) is 16.9 Å². The van der Waals surface area contributed by atoms with Crippen LogP contribution in [0.2, 0.25) is 0 Å². The first-order valence-corrected chi connectivity index (χ1v) is 9.06. The van der Waals surface area contributed by atoms with Gasteiger partial charge in [0.15, 0.2) is 0 Å². The number of ether oxygens (including phenoxy) is 1. The van der Waals surface area contributed by atoms with Crippen LogP contribution in [0, 0.1) is 0 Å². The summed E-state index contributed by atoms with van der Waals surface area (Å²) in [5.74, 6) is 0.834. The lowest BCUT2D eigenvalue weighted by atomic mass is 10.0. The van der Waals surface area contributed by atoms with Crippen molar-refractivity contribution < 1.29 is 4.74 Å². The van der Waals surface area contributed by atoms with E-state index in [1.807, 2.05) is 66.9 Å². The van der Waals surface area contributed by atoms with Crippen LogP contribution in [-0.2, 0) is 13.0 Å². The normalized spacial score (nSPS) is 10.9. The maximum Gasteiger partial charge on any atom is 0.258 e. The molecular formula is C24H21NO2. The molecule has 0 aliphatic carbocycles. The maximum absolute atomic E-state index is 12.8. The summed E-state index contributed by atoms with van der Waals surface area (Å²) in [5.41, 5.74) is 3.49. The van der Waals surface area contributed by atoms with Crippen molar-refractivity contribution in [3.63, 3.8) is 0 Å². The van der Waals surface area contributed by atoms with E-state index in [9.17, 15) is 4.79 Å². The fraction of sp³-hybridized carbons (Fsp3) is 0.125. The number of pyridine rings is 1. The lowest BCUT2D eigenvalue weighted by molar-refractivity contribution is 0.415. The number of hydrogen-bond acceptors (Lipinski definition) is 2. The van der Waals surface area contributed by atoms with E-state index in [0.717, 1.165) is 34.1 Å². The van der Waals surface area contributed by atoms with Crippen molar-refractivity contribution in [1.29, 1.82) is 0 Å². The zero-order chi connectivity index (χ0) is 18.6. The van der Waals surface area contributed by atoms with Crippen molar-refractivity contribution in [2.24, 2.45) is 0 Å². The van der Waals surface area contributed by atoms with Gasteiger partial charge in [-0.25, -0.2) is 0 Å². The summed E-state index contributed by atoms with van der Waals surface area (Å²) >= 11 is 0. The zero-order valence-corrected chi connectivity index (χ0v) is 15.3. The number of aryl methyl sites for hydroxylation is 2. The highest BCUT2D eigenvalue weighted by atomic mass is 16.5. The quantitative estimate of drug-likeness (QED) is 0.509. The highest BCUT2D eigenvalue weighted by molar-refractivity contribution is 5.86. The van der Waals surface area contributed by atoms with Gasteiger partial charge in [0.05, 0.1) is 7.11 Å². The molecule has 27 heavy (non-hydrogen) atoms. The molecule has 0 aliphatic heterocycles. The molecule has 0 N–H and O–H groups in total. The lowest BCUT2D eigenvalue weighted by Gasteiger charge is -2.09. The number of rotatable bonds is 5. The fourth-order valence-electron chi connectivity index (χ4n) is 3.32. The second kappa shape index (κ2) is 7.50. The molecule has 134 valence electrons. The second-order valence-corrected chi connectivity index (χ2v) is 6.58. The molecule has 4 rings (SSSR count). The van der Waals surface area contributed by atoms with Gasteiger partial charge in [0, 0.05) is 18.1 Å². The van der Waals surface area contributed by atoms with Crippen LogP contribution in [0.15, 0.2) is 89.9 Å². The van der Waals surface area contributed by atoms with Crippen LogP contribution in [0.3, 0.4) is 0 Å². The molecule has 0 saturated heterocycles. The molecule has 0 fully saturated rings. The number of hydrogen-bond donors (Lipinski definition) is 0. The molecule has 3 nitrogen and oxygen atoms in total. The third-order valence-corrected chi connectivity index (χ3v) is 4.88. The summed E-state index contributed by atoms with van der Waals surface area (Å²) < 4.78 is 7.01. The monoisotopic (exact) mass is 355 g/mol. The average molecular weight is 355 g/mol. The molecular weight excluding hydrogens is 334 g/mol. The van der Waals surface area contributed by atoms with E-state index >= 15 is 0 Å². The van der Waals surface area contributed by atoms with Crippen molar-refractivity contribution in [3.05, 3.63) is 101 Å². The highest BCUT2D eigenvalue weighted by Crippen LogP contribution is 2.25. The van der Waals surface area contributed by atoms with E-state index in [0.29, 0.717) is 6.54 Å². The Bertz CT molecular complexity index is 1110. The zero-order valence-electron chi connectivity index (χ0n) is 15.3. The van der Waals surface area contributed by atoms with Crippen molar-refractivity contribution in [2.75, 3.05) is 7.11 Å². The van der Waals surface area contributed by atoms with Crippen molar-refractivity contribution in [2.45, 2.75) is 13.0 Å². The van der Waals surface area contributed by atoms with Gasteiger partial charge in [0.1, 0.15) is 5.75 Å². The molecule has 1 aromatic heterocycles. The van der Waals surface area contributed by atoms with Gasteiger partial charge >= 0.3 is 0 Å². The molecule has 0 radical (unpaired) electrons. The van der Waals surface area contributed by atoms with Crippen LogP contribution in [0.4, 0.5) is 0 Å². The Morgan fingerprint density at radius 2 is 1.59 bits per heavy atom. The SMILES string of the molecule is COc1ccc(-c2ccc3c(=O)n(CCc4ccccc4)ccc3c2)cc1. The minimum Gasteiger partial charge on any atom is -0.497 e. The lowest BCUT2D eigenvalue weighted by Crippen LogP contribution is -2.20. The summed E-state index contributed by atoms with van der Waals surface area (Å²) in [6.07, 6.45) is 2.74. The first-order valence-electron chi connectivity index (χ1n) is 9.06. The number of benzene rings is 3. The first kappa shape index (κ1) is 17.1. The standard InChI is InChI=1S/C24H21NO2/c1-27-22-10-7-19(8-11-22)20-9-12-23-21(17-20)14-16-25(24(23)26)15-13-18-5-3-2-4-6-18/h2-12,14,16-17H,13,15H2,1H3. The largest absolute Gasteiger partial charge is 0.497 e. The van der Waals surface area contributed by atoms with Crippen LogP contribution >= 0.6 is 0 Å². The Morgan fingerprint density at radius 3 is 2.33 bits per heavy atom. The molecule has 0 spiro atoms. The maximum atomic E-state index is 12.8. The van der Waals surface area contributed by atoms with Crippen LogP contribution in [0.25, 0.3) is 21.9 Å². The van der Waals surface area contributed by atoms with Crippen LogP contribution < -0.4 is 10.3 Å². The number of methoxy groups -OCH3 is 1. The summed E-state index contributed by atoms with van der Waals surface area (Å²) in [6.45, 7) is 0.680. The number of aromatic nitrogens is 1. The predicted molar refractivity (Wildman–Crippen MR) is 110 cm³/mol. The van der Waals surface area contributed by atoms with Crippen LogP contribution in [-0.4, -0.2) is 11.7 Å². The number of fused-ring (bicyclic) bond motifs is 1. The molecule has 0 bridgehead atoms. The van der Waals surface area contributed by atoms with Gasteiger partial charge in [-0.15, -0.1) is 0 Å². The molecule has 0 amide bonds. The Morgan fingerprint density at radius 1 is 0.852 bits per heavy atom. The Balaban J connectivity index is 1.62. The molecule has 0 atom stereocenters. The van der Waals surface area contributed by atoms with Gasteiger partial charge in [-0.2, -0.15) is 0 Å². The van der Waals surface area contributed by atoms with E-state index in [-0.39, 0.29) is 5.56 Å². The minimum absolute atomic E-state index is 0.0599. The molecule has 0 aliphatic rings. The Kier molecular flexibility index (Phi) is 4.75. The fourth-order valence-corrected chi connectivity index (χ4v) is 3.32. The summed E-state index contributed by atoms with van der Waals surface area (Å²) in [4.78, 5) is 12.8. The topological polar surface area (TPSA) is 31.2 Å². The van der Waals surface area contributed by atoms with Gasteiger partial charge < -0.3 is 9.30 Å². The average Bonchev–Trinajstić information content (AvgIpc) is 2.74. The number of nitrogens with zero attached hydrogens (tertiary/aromatic N) is 1. The van der Waals surface area contributed by atoms with Crippen molar-refractivity contribution >= 4 is 10.8 Å². The first-order chi connectivity index (χ1) is 13.2. The van der Waals surface area contributed by atoms with Crippen molar-refractivity contribution in [1.82, 2.24) is 4.57 Å². The minimum atomic E-state index is 0.0599. The molecule has 1 heterocycles. The molecule has 0 saturated carbocycles. The van der Waals surface area contributed by atoms with Crippen LogP contribution in [0.1, 0.15) is 5.56 Å². The summed E-state index contributed by atoms with van der Waals surface area (Å²) in [6, 6.07) is 26.2. The van der Waals surface area contributed by atoms with Crippen LogP contribution in [0.5, 0.6) is 5.75 Å². The van der Waals surface area contributed by atoms with E-state index in [1.165, 1.54) is 5.56 Å². The third kappa shape index (κ3) is 3.63. The molecule has 3 heteroatoms.